The first-order valence-corrected chi connectivity index (χ1v) is 4.70. The van der Waals surface area contributed by atoms with Gasteiger partial charge in [0.2, 0.25) is 0 Å². The number of anilines is 1. The minimum atomic E-state index is -0.551. The zero-order valence-corrected chi connectivity index (χ0v) is 10.7. The van der Waals surface area contributed by atoms with Crippen molar-refractivity contribution < 1.29 is 8.78 Å². The molecular weight excluding hydrogens is 327 g/mol. The van der Waals surface area contributed by atoms with Crippen molar-refractivity contribution in [1.82, 2.24) is 0 Å². The highest BCUT2D eigenvalue weighted by molar-refractivity contribution is 14.0. The average Bonchev–Trinajstić information content (AvgIpc) is 2.95. The Morgan fingerprint density at radius 2 is 2.06 bits per heavy atom. The van der Waals surface area contributed by atoms with E-state index in [1.54, 1.807) is 0 Å². The number of hydrogen-bond acceptors (Lipinski definition) is 1. The zero-order valence-electron chi connectivity index (χ0n) is 8.41. The van der Waals surface area contributed by atoms with Crippen molar-refractivity contribution in [1.29, 1.82) is 0 Å². The summed E-state index contributed by atoms with van der Waals surface area (Å²) in [6.45, 7) is 0. The van der Waals surface area contributed by atoms with E-state index in [1.807, 2.05) is 0 Å². The fourth-order valence-corrected chi connectivity index (χ4v) is 1.16. The molecular formula is C10H12F2IN3. The van der Waals surface area contributed by atoms with E-state index in [2.05, 4.69) is 10.3 Å². The lowest BCUT2D eigenvalue weighted by atomic mass is 10.3. The smallest absolute Gasteiger partial charge is 0.193 e. The molecule has 6 heteroatoms. The number of halogens is 3. The molecule has 0 heterocycles. The fraction of sp³-hybridized carbons (Fsp3) is 0.300. The largest absolute Gasteiger partial charge is 0.370 e. The second-order valence-corrected chi connectivity index (χ2v) is 3.49. The Bertz CT molecular complexity index is 405. The van der Waals surface area contributed by atoms with Crippen molar-refractivity contribution in [3.63, 3.8) is 0 Å². The van der Waals surface area contributed by atoms with Gasteiger partial charge in [-0.15, -0.1) is 24.0 Å². The third-order valence-electron chi connectivity index (χ3n) is 2.06. The van der Waals surface area contributed by atoms with E-state index in [0.29, 0.717) is 0 Å². The van der Waals surface area contributed by atoms with Crippen molar-refractivity contribution in [3.8, 4) is 0 Å². The molecule has 88 valence electrons. The van der Waals surface area contributed by atoms with Crippen LogP contribution in [0.5, 0.6) is 0 Å². The number of guanidine groups is 1. The van der Waals surface area contributed by atoms with Crippen LogP contribution in [-0.2, 0) is 0 Å². The van der Waals surface area contributed by atoms with Crippen LogP contribution in [0.15, 0.2) is 23.2 Å². The number of nitrogens with one attached hydrogen (secondary N) is 1. The summed E-state index contributed by atoms with van der Waals surface area (Å²) < 4.78 is 25.9. The minimum absolute atomic E-state index is 0. The predicted molar refractivity (Wildman–Crippen MR) is 70.0 cm³/mol. The van der Waals surface area contributed by atoms with Crippen molar-refractivity contribution in [3.05, 3.63) is 29.8 Å². The molecule has 1 aliphatic carbocycles. The molecule has 0 radical (unpaired) electrons. The Morgan fingerprint density at radius 3 is 2.69 bits per heavy atom. The van der Waals surface area contributed by atoms with Crippen molar-refractivity contribution in [2.24, 2.45) is 10.7 Å². The molecule has 0 unspecified atom stereocenters. The molecule has 1 aliphatic rings. The summed E-state index contributed by atoms with van der Waals surface area (Å²) in [6, 6.07) is 3.38. The third kappa shape index (κ3) is 3.58. The number of benzene rings is 1. The Kier molecular flexibility index (Phi) is 4.45. The van der Waals surface area contributed by atoms with Gasteiger partial charge in [0.05, 0.1) is 11.7 Å². The number of nitrogens with two attached hydrogens (primary N) is 1. The molecule has 0 aliphatic heterocycles. The SMILES string of the molecule is I.NC(=NC1CC1)Nc1cc(F)ccc1F. The second kappa shape index (κ2) is 5.42. The van der Waals surface area contributed by atoms with E-state index in [1.165, 1.54) is 0 Å². The summed E-state index contributed by atoms with van der Waals surface area (Å²) in [5.41, 5.74) is 5.53. The molecule has 0 atom stereocenters. The zero-order chi connectivity index (χ0) is 10.8. The van der Waals surface area contributed by atoms with Crippen molar-refractivity contribution >= 4 is 35.6 Å². The third-order valence-corrected chi connectivity index (χ3v) is 2.06. The number of hydrogen-bond donors (Lipinski definition) is 2. The van der Waals surface area contributed by atoms with Crippen LogP contribution in [0.25, 0.3) is 0 Å². The molecule has 0 amide bonds. The lowest BCUT2D eigenvalue weighted by Gasteiger charge is -2.06. The van der Waals surface area contributed by atoms with Gasteiger partial charge in [-0.2, -0.15) is 0 Å². The van der Waals surface area contributed by atoms with E-state index >= 15 is 0 Å². The molecule has 0 aromatic heterocycles. The molecule has 0 saturated heterocycles. The van der Waals surface area contributed by atoms with Crippen LogP contribution in [0.2, 0.25) is 0 Å². The van der Waals surface area contributed by atoms with Crippen LogP contribution in [0.1, 0.15) is 12.8 Å². The lowest BCUT2D eigenvalue weighted by molar-refractivity contribution is 0.604. The summed E-state index contributed by atoms with van der Waals surface area (Å²) in [6.07, 6.45) is 2.02. The fourth-order valence-electron chi connectivity index (χ4n) is 1.16. The number of aliphatic imine (C=N–C) groups is 1. The van der Waals surface area contributed by atoms with Gasteiger partial charge in [0.15, 0.2) is 5.96 Å². The van der Waals surface area contributed by atoms with Gasteiger partial charge in [0.1, 0.15) is 11.6 Å². The first-order chi connectivity index (χ1) is 7.15. The first-order valence-electron chi connectivity index (χ1n) is 4.70. The highest BCUT2D eigenvalue weighted by Gasteiger charge is 2.20. The Labute approximate surface area is 109 Å². The minimum Gasteiger partial charge on any atom is -0.370 e. The average molecular weight is 339 g/mol. The maximum Gasteiger partial charge on any atom is 0.193 e. The lowest BCUT2D eigenvalue weighted by Crippen LogP contribution is -2.23. The van der Waals surface area contributed by atoms with Crippen molar-refractivity contribution in [2.45, 2.75) is 18.9 Å². The van der Waals surface area contributed by atoms with Gasteiger partial charge in [0.25, 0.3) is 0 Å². The molecule has 16 heavy (non-hydrogen) atoms. The molecule has 0 spiro atoms. The van der Waals surface area contributed by atoms with Crippen LogP contribution >= 0.6 is 24.0 Å². The molecule has 1 aromatic carbocycles. The number of rotatable bonds is 2. The monoisotopic (exact) mass is 339 g/mol. The maximum atomic E-state index is 13.1. The van der Waals surface area contributed by atoms with Crippen LogP contribution in [-0.4, -0.2) is 12.0 Å². The summed E-state index contributed by atoms with van der Waals surface area (Å²) in [7, 11) is 0. The van der Waals surface area contributed by atoms with Gasteiger partial charge in [-0.3, -0.25) is 0 Å². The Hall–Kier alpha value is -0.920. The predicted octanol–water partition coefficient (Wildman–Crippen LogP) is 2.47. The molecule has 1 fully saturated rings. The van der Waals surface area contributed by atoms with E-state index < -0.39 is 11.6 Å². The quantitative estimate of drug-likeness (QED) is 0.494. The summed E-state index contributed by atoms with van der Waals surface area (Å²) >= 11 is 0. The second-order valence-electron chi connectivity index (χ2n) is 3.49. The van der Waals surface area contributed by atoms with Crippen molar-refractivity contribution in [2.75, 3.05) is 5.32 Å². The molecule has 1 aromatic rings. The van der Waals surface area contributed by atoms with Gasteiger partial charge in [0, 0.05) is 6.07 Å². The summed E-state index contributed by atoms with van der Waals surface area (Å²) in [4.78, 5) is 4.05. The first kappa shape index (κ1) is 13.1. The standard InChI is InChI=1S/C10H11F2N3.HI/c11-6-1-4-8(12)9(5-6)15-10(13)14-7-2-3-7;/h1,4-5,7H,2-3H2,(H3,13,14,15);1H. The van der Waals surface area contributed by atoms with E-state index in [-0.39, 0.29) is 41.7 Å². The van der Waals surface area contributed by atoms with Gasteiger partial charge >= 0.3 is 0 Å². The van der Waals surface area contributed by atoms with Crippen LogP contribution in [0, 0.1) is 11.6 Å². The molecule has 3 nitrogen and oxygen atoms in total. The van der Waals surface area contributed by atoms with Gasteiger partial charge < -0.3 is 11.1 Å². The summed E-state index contributed by atoms with van der Waals surface area (Å²) in [5.74, 6) is -0.939. The number of nitrogens with zero attached hydrogens (tertiary/aromatic N) is 1. The Morgan fingerprint density at radius 1 is 1.38 bits per heavy atom. The van der Waals surface area contributed by atoms with Crippen LogP contribution < -0.4 is 11.1 Å². The van der Waals surface area contributed by atoms with Crippen LogP contribution in [0.4, 0.5) is 14.5 Å². The topological polar surface area (TPSA) is 50.4 Å². The summed E-state index contributed by atoms with van der Waals surface area (Å²) in [5, 5.41) is 2.54. The molecule has 1 saturated carbocycles. The highest BCUT2D eigenvalue weighted by atomic mass is 127. The van der Waals surface area contributed by atoms with Gasteiger partial charge in [-0.05, 0) is 25.0 Å². The Balaban J connectivity index is 0.00000128. The van der Waals surface area contributed by atoms with E-state index in [0.717, 1.165) is 31.0 Å². The molecule has 0 bridgehead atoms. The maximum absolute atomic E-state index is 13.1. The van der Waals surface area contributed by atoms with Gasteiger partial charge in [-0.1, -0.05) is 0 Å². The van der Waals surface area contributed by atoms with Gasteiger partial charge in [-0.25, -0.2) is 13.8 Å². The molecule has 3 N–H and O–H groups in total. The molecule has 2 rings (SSSR count). The van der Waals surface area contributed by atoms with E-state index in [9.17, 15) is 8.78 Å². The van der Waals surface area contributed by atoms with E-state index in [4.69, 9.17) is 5.73 Å². The van der Waals surface area contributed by atoms with Crippen LogP contribution in [0.3, 0.4) is 0 Å². The normalized spacial score (nSPS) is 15.5. The highest BCUT2D eigenvalue weighted by Crippen LogP contribution is 2.23.